The molecule has 0 spiro atoms. The van der Waals surface area contributed by atoms with E-state index in [2.05, 4.69) is 20.8 Å². The summed E-state index contributed by atoms with van der Waals surface area (Å²) in [6.45, 7) is 6.59. The maximum absolute atomic E-state index is 11.6. The standard InChI is InChI=1S/C21H30O6/c1-4-21(5-2,6-3)13-9-7-8-10-14-15(18(22)23)11-12-16(19(24)25)17(14)20(26)27/h11-12H,4-10,13H2,1-3H3,(H,22,23)(H,24,25)(H,26,27). The number of benzene rings is 1. The highest BCUT2D eigenvalue weighted by Crippen LogP contribution is 2.36. The number of carboxylic acids is 3. The van der Waals surface area contributed by atoms with Gasteiger partial charge in [-0.2, -0.15) is 0 Å². The third kappa shape index (κ3) is 5.55. The summed E-state index contributed by atoms with van der Waals surface area (Å²) in [4.78, 5) is 34.4. The first-order chi connectivity index (χ1) is 12.7. The van der Waals surface area contributed by atoms with Crippen LogP contribution >= 0.6 is 0 Å². The van der Waals surface area contributed by atoms with Crippen LogP contribution in [-0.4, -0.2) is 33.2 Å². The number of carbonyl (C=O) groups is 3. The quantitative estimate of drug-likeness (QED) is 0.436. The molecule has 0 radical (unpaired) electrons. The van der Waals surface area contributed by atoms with E-state index in [1.807, 2.05) is 0 Å². The minimum absolute atomic E-state index is 0.0997. The van der Waals surface area contributed by atoms with Crippen LogP contribution in [0.5, 0.6) is 0 Å². The predicted octanol–water partition coefficient (Wildman–Crippen LogP) is 5.10. The maximum Gasteiger partial charge on any atom is 0.336 e. The van der Waals surface area contributed by atoms with Crippen molar-refractivity contribution in [1.29, 1.82) is 0 Å². The Morgan fingerprint density at radius 1 is 0.778 bits per heavy atom. The summed E-state index contributed by atoms with van der Waals surface area (Å²) in [5, 5.41) is 28.1. The fourth-order valence-electron chi connectivity index (χ4n) is 3.79. The van der Waals surface area contributed by atoms with E-state index >= 15 is 0 Å². The summed E-state index contributed by atoms with van der Waals surface area (Å²) in [6.07, 6.45) is 7.13. The third-order valence-corrected chi connectivity index (χ3v) is 5.87. The number of hydrogen-bond acceptors (Lipinski definition) is 3. The fourth-order valence-corrected chi connectivity index (χ4v) is 3.79. The van der Waals surface area contributed by atoms with Crippen molar-refractivity contribution in [3.05, 3.63) is 34.4 Å². The van der Waals surface area contributed by atoms with Gasteiger partial charge in [0.2, 0.25) is 0 Å². The number of carboxylic acid groups (broad SMARTS) is 3. The molecule has 0 saturated carbocycles. The first-order valence-electron chi connectivity index (χ1n) is 9.58. The Morgan fingerprint density at radius 2 is 1.30 bits per heavy atom. The molecule has 3 N–H and O–H groups in total. The number of unbranched alkanes of at least 4 members (excludes halogenated alkanes) is 2. The van der Waals surface area contributed by atoms with Crippen LogP contribution < -0.4 is 0 Å². The van der Waals surface area contributed by atoms with Crippen molar-refractivity contribution >= 4 is 17.9 Å². The van der Waals surface area contributed by atoms with E-state index in [9.17, 15) is 29.7 Å². The van der Waals surface area contributed by atoms with E-state index in [4.69, 9.17) is 0 Å². The van der Waals surface area contributed by atoms with Gasteiger partial charge >= 0.3 is 17.9 Å². The van der Waals surface area contributed by atoms with Gasteiger partial charge in [0, 0.05) is 0 Å². The van der Waals surface area contributed by atoms with Crippen molar-refractivity contribution in [3.8, 4) is 0 Å². The van der Waals surface area contributed by atoms with Crippen molar-refractivity contribution in [2.24, 2.45) is 5.41 Å². The second-order valence-electron chi connectivity index (χ2n) is 7.05. The van der Waals surface area contributed by atoms with Gasteiger partial charge in [-0.25, -0.2) is 14.4 Å². The zero-order chi connectivity index (χ0) is 20.6. The lowest BCUT2D eigenvalue weighted by molar-refractivity contribution is 0.0647. The van der Waals surface area contributed by atoms with Gasteiger partial charge in [-0.05, 0) is 42.4 Å². The summed E-state index contributed by atoms with van der Waals surface area (Å²) in [6, 6.07) is 2.24. The lowest BCUT2D eigenvalue weighted by Gasteiger charge is -2.30. The zero-order valence-corrected chi connectivity index (χ0v) is 16.4. The third-order valence-electron chi connectivity index (χ3n) is 5.87. The van der Waals surface area contributed by atoms with E-state index < -0.39 is 23.5 Å². The first-order valence-corrected chi connectivity index (χ1v) is 9.58. The normalized spacial score (nSPS) is 11.4. The number of hydrogen-bond donors (Lipinski definition) is 3. The minimum atomic E-state index is -1.41. The van der Waals surface area contributed by atoms with Gasteiger partial charge in [0.05, 0.1) is 16.7 Å². The van der Waals surface area contributed by atoms with Gasteiger partial charge in [0.15, 0.2) is 0 Å². The predicted molar refractivity (Wildman–Crippen MR) is 103 cm³/mol. The smallest absolute Gasteiger partial charge is 0.336 e. The molecule has 1 rings (SSSR count). The number of rotatable bonds is 12. The minimum Gasteiger partial charge on any atom is -0.478 e. The molecule has 0 atom stereocenters. The van der Waals surface area contributed by atoms with Crippen molar-refractivity contribution in [3.63, 3.8) is 0 Å². The molecule has 1 aromatic rings. The molecule has 0 bridgehead atoms. The molecule has 0 amide bonds. The van der Waals surface area contributed by atoms with Gasteiger partial charge in [-0.3, -0.25) is 0 Å². The molecular formula is C21H30O6. The summed E-state index contributed by atoms with van der Waals surface area (Å²) >= 11 is 0. The molecule has 27 heavy (non-hydrogen) atoms. The summed E-state index contributed by atoms with van der Waals surface area (Å²) < 4.78 is 0. The molecule has 150 valence electrons. The van der Waals surface area contributed by atoms with Gasteiger partial charge in [0.25, 0.3) is 0 Å². The van der Waals surface area contributed by atoms with E-state index in [1.165, 1.54) is 6.07 Å². The molecule has 0 heterocycles. The van der Waals surface area contributed by atoms with Crippen LogP contribution in [0, 0.1) is 5.41 Å². The molecule has 1 aromatic carbocycles. The Hall–Kier alpha value is -2.37. The second kappa shape index (κ2) is 10.1. The molecule has 0 aliphatic carbocycles. The lowest BCUT2D eigenvalue weighted by atomic mass is 9.75. The van der Waals surface area contributed by atoms with Crippen LogP contribution in [0.25, 0.3) is 0 Å². The summed E-state index contributed by atoms with van der Waals surface area (Å²) in [7, 11) is 0. The van der Waals surface area contributed by atoms with Crippen LogP contribution in [0.3, 0.4) is 0 Å². The lowest BCUT2D eigenvalue weighted by Crippen LogP contribution is -2.17. The molecule has 0 aliphatic rings. The molecule has 6 heteroatoms. The fraction of sp³-hybridized carbons (Fsp3) is 0.571. The van der Waals surface area contributed by atoms with Crippen LogP contribution in [0.4, 0.5) is 0 Å². The molecule has 6 nitrogen and oxygen atoms in total. The zero-order valence-electron chi connectivity index (χ0n) is 16.4. The van der Waals surface area contributed by atoms with Gasteiger partial charge in [-0.15, -0.1) is 0 Å². The highest BCUT2D eigenvalue weighted by atomic mass is 16.4. The van der Waals surface area contributed by atoms with E-state index in [0.717, 1.165) is 44.6 Å². The molecule has 0 unspecified atom stereocenters. The highest BCUT2D eigenvalue weighted by molar-refractivity contribution is 6.05. The van der Waals surface area contributed by atoms with Crippen LogP contribution in [0.1, 0.15) is 102 Å². The summed E-state index contributed by atoms with van der Waals surface area (Å²) in [5.41, 5.74) is -0.483. The molecule has 0 fully saturated rings. The summed E-state index contributed by atoms with van der Waals surface area (Å²) in [5.74, 6) is -4.02. The molecule has 0 saturated heterocycles. The van der Waals surface area contributed by atoms with Crippen molar-refractivity contribution in [2.75, 3.05) is 0 Å². The van der Waals surface area contributed by atoms with E-state index in [-0.39, 0.29) is 23.1 Å². The molecule has 0 aromatic heterocycles. The van der Waals surface area contributed by atoms with Gasteiger partial charge in [-0.1, -0.05) is 52.9 Å². The van der Waals surface area contributed by atoms with Crippen molar-refractivity contribution in [1.82, 2.24) is 0 Å². The average molecular weight is 378 g/mol. The first kappa shape index (κ1) is 22.7. The van der Waals surface area contributed by atoms with Crippen LogP contribution in [-0.2, 0) is 6.42 Å². The maximum atomic E-state index is 11.6. The Kier molecular flexibility index (Phi) is 8.47. The second-order valence-corrected chi connectivity index (χ2v) is 7.05. The topological polar surface area (TPSA) is 112 Å². The molecule has 0 aliphatic heterocycles. The highest BCUT2D eigenvalue weighted by Gasteiger charge is 2.25. The monoisotopic (exact) mass is 378 g/mol. The largest absolute Gasteiger partial charge is 0.478 e. The van der Waals surface area contributed by atoms with Crippen LogP contribution in [0.15, 0.2) is 12.1 Å². The Balaban J connectivity index is 2.96. The van der Waals surface area contributed by atoms with Gasteiger partial charge < -0.3 is 15.3 Å². The SMILES string of the molecule is CCC(CC)(CC)CCCCCc1c(C(=O)O)ccc(C(=O)O)c1C(=O)O. The Bertz CT molecular complexity index is 680. The van der Waals surface area contributed by atoms with E-state index in [1.54, 1.807) is 0 Å². The Labute approximate surface area is 160 Å². The molecular weight excluding hydrogens is 348 g/mol. The van der Waals surface area contributed by atoms with E-state index in [0.29, 0.717) is 11.8 Å². The van der Waals surface area contributed by atoms with Crippen molar-refractivity contribution in [2.45, 2.75) is 72.1 Å². The van der Waals surface area contributed by atoms with Crippen molar-refractivity contribution < 1.29 is 29.7 Å². The Morgan fingerprint density at radius 3 is 1.74 bits per heavy atom. The van der Waals surface area contributed by atoms with Crippen LogP contribution in [0.2, 0.25) is 0 Å². The van der Waals surface area contributed by atoms with Gasteiger partial charge in [0.1, 0.15) is 0 Å². The average Bonchev–Trinajstić information content (AvgIpc) is 2.64. The number of aromatic carboxylic acids is 3.